The Morgan fingerprint density at radius 3 is 2.15 bits per heavy atom. The third-order valence-electron chi connectivity index (χ3n) is 4.73. The van der Waals surface area contributed by atoms with E-state index < -0.39 is 35.0 Å². The normalized spacial score (nSPS) is 14.9. The van der Waals surface area contributed by atoms with Crippen LogP contribution in [-0.2, 0) is 16.0 Å². The Labute approximate surface area is 155 Å². The molecule has 0 aromatic heterocycles. The van der Waals surface area contributed by atoms with E-state index in [1.54, 1.807) is 23.1 Å². The highest BCUT2D eigenvalue weighted by atomic mass is 19.1. The molecular weight excluding hydrogens is 357 g/mol. The van der Waals surface area contributed by atoms with Crippen molar-refractivity contribution in [3.8, 4) is 0 Å². The summed E-state index contributed by atoms with van der Waals surface area (Å²) < 4.78 is 41.0. The van der Waals surface area contributed by atoms with Crippen LogP contribution in [0.4, 0.5) is 18.9 Å². The Bertz CT molecular complexity index is 829. The van der Waals surface area contributed by atoms with Crippen LogP contribution in [0.2, 0.25) is 0 Å². The van der Waals surface area contributed by atoms with Crippen molar-refractivity contribution >= 4 is 17.5 Å². The van der Waals surface area contributed by atoms with Crippen LogP contribution in [0.5, 0.6) is 0 Å². The van der Waals surface area contributed by atoms with Crippen LogP contribution in [0.3, 0.4) is 0 Å². The van der Waals surface area contributed by atoms with Crippen molar-refractivity contribution in [2.24, 2.45) is 5.92 Å². The molecule has 1 saturated heterocycles. The number of halogens is 3. The molecule has 2 aromatic rings. The molecule has 7 heteroatoms. The Kier molecular flexibility index (Phi) is 5.78. The van der Waals surface area contributed by atoms with E-state index in [-0.39, 0.29) is 12.3 Å². The molecule has 1 N–H and O–H groups in total. The first kappa shape index (κ1) is 18.9. The standard InChI is InChI=1S/C20H19F3N2O2/c21-15-5-2-1-4-14(15)12-18(26)25-10-8-13(9-11-25)20(27)24-19-16(22)6-3-7-17(19)23/h1-7,13H,8-12H2,(H,24,27). The van der Waals surface area contributed by atoms with Gasteiger partial charge in [0.25, 0.3) is 0 Å². The summed E-state index contributed by atoms with van der Waals surface area (Å²) >= 11 is 0. The van der Waals surface area contributed by atoms with E-state index in [9.17, 15) is 22.8 Å². The molecule has 1 fully saturated rings. The monoisotopic (exact) mass is 376 g/mol. The number of carbonyl (C=O) groups excluding carboxylic acids is 2. The molecule has 4 nitrogen and oxygen atoms in total. The number of piperidine rings is 1. The summed E-state index contributed by atoms with van der Waals surface area (Å²) in [7, 11) is 0. The van der Waals surface area contributed by atoms with Gasteiger partial charge >= 0.3 is 0 Å². The molecule has 0 bridgehead atoms. The molecule has 2 aromatic carbocycles. The summed E-state index contributed by atoms with van der Waals surface area (Å²) in [6, 6.07) is 9.47. The molecule has 1 aliphatic heterocycles. The minimum atomic E-state index is -0.833. The second-order valence-electron chi connectivity index (χ2n) is 6.51. The predicted octanol–water partition coefficient (Wildman–Crippen LogP) is 3.52. The zero-order valence-corrected chi connectivity index (χ0v) is 14.6. The van der Waals surface area contributed by atoms with Gasteiger partial charge in [0.1, 0.15) is 23.1 Å². The molecule has 0 saturated carbocycles. The molecule has 0 aliphatic carbocycles. The number of anilines is 1. The summed E-state index contributed by atoms with van der Waals surface area (Å²) in [6.45, 7) is 0.677. The number of benzene rings is 2. The highest BCUT2D eigenvalue weighted by Gasteiger charge is 2.28. The summed E-state index contributed by atoms with van der Waals surface area (Å²) in [5.74, 6) is -3.21. The van der Waals surface area contributed by atoms with Gasteiger partial charge in [-0.2, -0.15) is 0 Å². The molecule has 0 radical (unpaired) electrons. The fourth-order valence-corrected chi connectivity index (χ4v) is 3.15. The first-order valence-electron chi connectivity index (χ1n) is 8.71. The van der Waals surface area contributed by atoms with E-state index in [0.717, 1.165) is 12.1 Å². The van der Waals surface area contributed by atoms with E-state index in [1.807, 2.05) is 0 Å². The molecule has 1 heterocycles. The van der Waals surface area contributed by atoms with Crippen LogP contribution in [0, 0.1) is 23.4 Å². The smallest absolute Gasteiger partial charge is 0.227 e. The molecule has 142 valence electrons. The van der Waals surface area contributed by atoms with Gasteiger partial charge in [-0.25, -0.2) is 13.2 Å². The average Bonchev–Trinajstić information content (AvgIpc) is 2.66. The summed E-state index contributed by atoms with van der Waals surface area (Å²) in [6.07, 6.45) is 0.722. The maximum atomic E-state index is 13.7. The van der Waals surface area contributed by atoms with Crippen LogP contribution in [0.25, 0.3) is 0 Å². The maximum Gasteiger partial charge on any atom is 0.227 e. The lowest BCUT2D eigenvalue weighted by molar-refractivity contribution is -0.133. The number of para-hydroxylation sites is 1. The van der Waals surface area contributed by atoms with Gasteiger partial charge in [0.15, 0.2) is 0 Å². The van der Waals surface area contributed by atoms with E-state index in [1.165, 1.54) is 12.1 Å². The average molecular weight is 376 g/mol. The van der Waals surface area contributed by atoms with Crippen molar-refractivity contribution in [3.63, 3.8) is 0 Å². The third-order valence-corrected chi connectivity index (χ3v) is 4.73. The number of nitrogens with one attached hydrogen (secondary N) is 1. The first-order chi connectivity index (χ1) is 13.0. The van der Waals surface area contributed by atoms with Crippen molar-refractivity contribution in [1.29, 1.82) is 0 Å². The van der Waals surface area contributed by atoms with Crippen molar-refractivity contribution < 1.29 is 22.8 Å². The van der Waals surface area contributed by atoms with Crippen LogP contribution in [0.15, 0.2) is 42.5 Å². The second-order valence-corrected chi connectivity index (χ2v) is 6.51. The highest BCUT2D eigenvalue weighted by molar-refractivity contribution is 5.93. The van der Waals surface area contributed by atoms with E-state index >= 15 is 0 Å². The third kappa shape index (κ3) is 4.48. The molecule has 0 spiro atoms. The van der Waals surface area contributed by atoms with Crippen LogP contribution in [0.1, 0.15) is 18.4 Å². The topological polar surface area (TPSA) is 49.4 Å². The number of rotatable bonds is 4. The van der Waals surface area contributed by atoms with Crippen LogP contribution in [-0.4, -0.2) is 29.8 Å². The predicted molar refractivity (Wildman–Crippen MR) is 94.4 cm³/mol. The van der Waals surface area contributed by atoms with Crippen molar-refractivity contribution in [2.45, 2.75) is 19.3 Å². The largest absolute Gasteiger partial charge is 0.342 e. The van der Waals surface area contributed by atoms with E-state index in [0.29, 0.717) is 31.5 Å². The number of hydrogen-bond acceptors (Lipinski definition) is 2. The Hall–Kier alpha value is -2.83. The minimum absolute atomic E-state index is 0.0377. The number of likely N-dealkylation sites (tertiary alicyclic amines) is 1. The Morgan fingerprint density at radius 2 is 1.52 bits per heavy atom. The SMILES string of the molecule is O=C(Nc1c(F)cccc1F)C1CCN(C(=O)Cc2ccccc2F)CC1. The first-order valence-corrected chi connectivity index (χ1v) is 8.71. The second kappa shape index (κ2) is 8.24. The minimum Gasteiger partial charge on any atom is -0.342 e. The highest BCUT2D eigenvalue weighted by Crippen LogP contribution is 2.23. The van der Waals surface area contributed by atoms with Gasteiger partial charge < -0.3 is 10.2 Å². The van der Waals surface area contributed by atoms with Crippen LogP contribution < -0.4 is 5.32 Å². The molecule has 1 aliphatic rings. The van der Waals surface area contributed by atoms with Crippen molar-refractivity contribution in [1.82, 2.24) is 4.90 Å². The van der Waals surface area contributed by atoms with Crippen molar-refractivity contribution in [2.75, 3.05) is 18.4 Å². The Morgan fingerprint density at radius 1 is 0.926 bits per heavy atom. The summed E-state index contributed by atoms with van der Waals surface area (Å²) in [5, 5.41) is 2.30. The lowest BCUT2D eigenvalue weighted by Gasteiger charge is -2.31. The zero-order valence-electron chi connectivity index (χ0n) is 14.6. The van der Waals surface area contributed by atoms with Gasteiger partial charge in [0.05, 0.1) is 6.42 Å². The summed E-state index contributed by atoms with van der Waals surface area (Å²) in [4.78, 5) is 26.2. The number of amides is 2. The van der Waals surface area contributed by atoms with Gasteiger partial charge in [-0.05, 0) is 36.6 Å². The molecule has 2 amide bonds. The fourth-order valence-electron chi connectivity index (χ4n) is 3.15. The Balaban J connectivity index is 1.54. The van der Waals surface area contributed by atoms with Gasteiger partial charge in [-0.15, -0.1) is 0 Å². The number of nitrogens with zero attached hydrogens (tertiary/aromatic N) is 1. The lowest BCUT2D eigenvalue weighted by atomic mass is 9.95. The van der Waals surface area contributed by atoms with Gasteiger partial charge in [0.2, 0.25) is 11.8 Å². The quantitative estimate of drug-likeness (QED) is 0.888. The van der Waals surface area contributed by atoms with E-state index in [4.69, 9.17) is 0 Å². The molecule has 3 rings (SSSR count). The molecule has 27 heavy (non-hydrogen) atoms. The molecule has 0 unspecified atom stereocenters. The van der Waals surface area contributed by atoms with Crippen LogP contribution >= 0.6 is 0 Å². The number of hydrogen-bond donors (Lipinski definition) is 1. The summed E-state index contributed by atoms with van der Waals surface area (Å²) in [5.41, 5.74) is -0.127. The number of carbonyl (C=O) groups is 2. The van der Waals surface area contributed by atoms with Crippen molar-refractivity contribution in [3.05, 3.63) is 65.5 Å². The van der Waals surface area contributed by atoms with Gasteiger partial charge in [-0.3, -0.25) is 9.59 Å². The molecular formula is C20H19F3N2O2. The molecule has 0 atom stereocenters. The van der Waals surface area contributed by atoms with E-state index in [2.05, 4.69) is 5.32 Å². The zero-order chi connectivity index (χ0) is 19.4. The maximum absolute atomic E-state index is 13.7. The fraction of sp³-hybridized carbons (Fsp3) is 0.300. The lowest BCUT2D eigenvalue weighted by Crippen LogP contribution is -2.42. The van der Waals surface area contributed by atoms with Gasteiger partial charge in [-0.1, -0.05) is 24.3 Å². The van der Waals surface area contributed by atoms with Gasteiger partial charge in [0, 0.05) is 19.0 Å².